The van der Waals surface area contributed by atoms with E-state index in [1.807, 2.05) is 12.3 Å². The number of hydrogen-bond donors (Lipinski definition) is 0. The zero-order chi connectivity index (χ0) is 14.5. The number of ketones is 1. The van der Waals surface area contributed by atoms with Crippen LogP contribution >= 0.6 is 23.1 Å². The number of thiazole rings is 1. The first-order chi connectivity index (χ1) is 9.63. The van der Waals surface area contributed by atoms with Crippen molar-refractivity contribution in [1.82, 2.24) is 4.98 Å². The molecule has 0 unspecified atom stereocenters. The van der Waals surface area contributed by atoms with E-state index in [0.29, 0.717) is 22.8 Å². The quantitative estimate of drug-likeness (QED) is 0.604. The van der Waals surface area contributed by atoms with E-state index in [1.54, 1.807) is 43.8 Å². The Hall–Kier alpha value is -1.53. The molecule has 0 fully saturated rings. The van der Waals surface area contributed by atoms with Gasteiger partial charge in [0.15, 0.2) is 21.6 Å². The van der Waals surface area contributed by atoms with Gasteiger partial charge >= 0.3 is 0 Å². The third-order valence-corrected chi connectivity index (χ3v) is 4.77. The lowest BCUT2D eigenvalue weighted by atomic mass is 10.1. The Morgan fingerprint density at radius 2 is 2.05 bits per heavy atom. The van der Waals surface area contributed by atoms with Crippen LogP contribution in [0.4, 0.5) is 0 Å². The van der Waals surface area contributed by atoms with Gasteiger partial charge in [-0.05, 0) is 25.1 Å². The van der Waals surface area contributed by atoms with Crippen LogP contribution in [0, 0.1) is 6.92 Å². The maximum atomic E-state index is 12.2. The fourth-order valence-corrected chi connectivity index (χ4v) is 3.36. The van der Waals surface area contributed by atoms with Gasteiger partial charge in [0.2, 0.25) is 0 Å². The zero-order valence-electron chi connectivity index (χ0n) is 11.5. The van der Waals surface area contributed by atoms with E-state index in [-0.39, 0.29) is 5.78 Å². The lowest BCUT2D eigenvalue weighted by molar-refractivity contribution is 0.102. The highest BCUT2D eigenvalue weighted by atomic mass is 32.2. The molecule has 0 bridgehead atoms. The molecule has 0 aliphatic heterocycles. The molecule has 20 heavy (non-hydrogen) atoms. The number of rotatable bonds is 6. The van der Waals surface area contributed by atoms with Crippen LogP contribution in [0.25, 0.3) is 0 Å². The van der Waals surface area contributed by atoms with Crippen molar-refractivity contribution in [2.45, 2.75) is 11.3 Å². The number of carbonyl (C=O) groups excluding carboxylic acids is 1. The average Bonchev–Trinajstić information content (AvgIpc) is 2.89. The number of aromatic nitrogens is 1. The van der Waals surface area contributed by atoms with Gasteiger partial charge in [0, 0.05) is 16.6 Å². The fourth-order valence-electron chi connectivity index (χ4n) is 1.62. The summed E-state index contributed by atoms with van der Waals surface area (Å²) in [7, 11) is 3.12. The minimum absolute atomic E-state index is 0.0452. The van der Waals surface area contributed by atoms with Crippen LogP contribution in [0.3, 0.4) is 0 Å². The summed E-state index contributed by atoms with van der Waals surface area (Å²) in [6.45, 7) is 1.94. The second-order valence-electron chi connectivity index (χ2n) is 4.04. The Morgan fingerprint density at radius 3 is 2.65 bits per heavy atom. The van der Waals surface area contributed by atoms with Crippen molar-refractivity contribution in [1.29, 1.82) is 0 Å². The molecule has 2 rings (SSSR count). The van der Waals surface area contributed by atoms with Gasteiger partial charge in [-0.15, -0.1) is 11.3 Å². The molecule has 0 radical (unpaired) electrons. The molecule has 1 heterocycles. The van der Waals surface area contributed by atoms with Crippen molar-refractivity contribution in [3.8, 4) is 11.5 Å². The molecule has 1 aromatic heterocycles. The number of Topliss-reactive ketones (excluding diaryl/α,β-unsaturated/α-hetero) is 1. The fraction of sp³-hybridized carbons (Fsp3) is 0.286. The molecule has 0 amide bonds. The van der Waals surface area contributed by atoms with Crippen LogP contribution in [0.5, 0.6) is 11.5 Å². The molecule has 0 spiro atoms. The summed E-state index contributed by atoms with van der Waals surface area (Å²) in [5, 5.41) is 1.98. The lowest BCUT2D eigenvalue weighted by Crippen LogP contribution is -2.03. The van der Waals surface area contributed by atoms with E-state index in [2.05, 4.69) is 4.98 Å². The topological polar surface area (TPSA) is 48.4 Å². The molecule has 0 aliphatic rings. The van der Waals surface area contributed by atoms with Gasteiger partial charge in [-0.1, -0.05) is 11.8 Å². The highest BCUT2D eigenvalue weighted by molar-refractivity contribution is 8.01. The van der Waals surface area contributed by atoms with Gasteiger partial charge in [-0.2, -0.15) is 0 Å². The number of benzene rings is 1. The summed E-state index contributed by atoms with van der Waals surface area (Å²) in [5.41, 5.74) is 1.60. The first kappa shape index (κ1) is 14.9. The van der Waals surface area contributed by atoms with Crippen molar-refractivity contribution in [2.75, 3.05) is 20.0 Å². The number of aryl methyl sites for hydroxylation is 1. The van der Waals surface area contributed by atoms with Gasteiger partial charge in [-0.3, -0.25) is 4.79 Å². The van der Waals surface area contributed by atoms with Crippen LogP contribution in [0.1, 0.15) is 16.1 Å². The maximum Gasteiger partial charge on any atom is 0.173 e. The van der Waals surface area contributed by atoms with Crippen molar-refractivity contribution in [3.63, 3.8) is 0 Å². The largest absolute Gasteiger partial charge is 0.493 e. The molecule has 0 saturated carbocycles. The Balaban J connectivity index is 2.05. The van der Waals surface area contributed by atoms with Crippen LogP contribution < -0.4 is 9.47 Å². The molecule has 0 aliphatic carbocycles. The van der Waals surface area contributed by atoms with E-state index < -0.39 is 0 Å². The smallest absolute Gasteiger partial charge is 0.173 e. The summed E-state index contributed by atoms with van der Waals surface area (Å²) in [6, 6.07) is 5.19. The summed E-state index contributed by atoms with van der Waals surface area (Å²) >= 11 is 3.01. The molecular formula is C14H15NO3S2. The predicted octanol–water partition coefficient (Wildman–Crippen LogP) is 3.44. The average molecular weight is 309 g/mol. The first-order valence-corrected chi connectivity index (χ1v) is 7.80. The third kappa shape index (κ3) is 3.52. The molecule has 0 saturated heterocycles. The second kappa shape index (κ2) is 6.76. The summed E-state index contributed by atoms with van der Waals surface area (Å²) in [5.74, 6) is 1.59. The van der Waals surface area contributed by atoms with Gasteiger partial charge in [-0.25, -0.2) is 4.98 Å². The normalized spacial score (nSPS) is 10.3. The molecule has 0 atom stereocenters. The van der Waals surface area contributed by atoms with Crippen molar-refractivity contribution in [3.05, 3.63) is 34.8 Å². The summed E-state index contributed by atoms with van der Waals surface area (Å²) in [6.07, 6.45) is 0. The molecule has 0 N–H and O–H groups in total. The Morgan fingerprint density at radius 1 is 1.30 bits per heavy atom. The Kier molecular flexibility index (Phi) is 5.03. The monoisotopic (exact) mass is 309 g/mol. The van der Waals surface area contributed by atoms with Gasteiger partial charge in [0.25, 0.3) is 0 Å². The third-order valence-electron chi connectivity index (χ3n) is 2.63. The van der Waals surface area contributed by atoms with Crippen molar-refractivity contribution >= 4 is 28.9 Å². The molecule has 6 heteroatoms. The van der Waals surface area contributed by atoms with Crippen LogP contribution in [0.2, 0.25) is 0 Å². The van der Waals surface area contributed by atoms with Gasteiger partial charge < -0.3 is 9.47 Å². The van der Waals surface area contributed by atoms with Crippen LogP contribution in [-0.2, 0) is 0 Å². The standard InChI is InChI=1S/C14H15NO3S2/c1-9-7-19-14(15-9)20-8-11(16)10-4-5-12(17-2)13(6-10)18-3/h4-7H,8H2,1-3H3. The van der Waals surface area contributed by atoms with E-state index >= 15 is 0 Å². The molecule has 4 nitrogen and oxygen atoms in total. The summed E-state index contributed by atoms with van der Waals surface area (Å²) in [4.78, 5) is 16.5. The number of nitrogens with zero attached hydrogens (tertiary/aromatic N) is 1. The van der Waals surface area contributed by atoms with Gasteiger partial charge in [0.05, 0.1) is 20.0 Å². The second-order valence-corrected chi connectivity index (χ2v) is 6.12. The number of thioether (sulfide) groups is 1. The van der Waals surface area contributed by atoms with E-state index in [9.17, 15) is 4.79 Å². The minimum Gasteiger partial charge on any atom is -0.493 e. The first-order valence-electron chi connectivity index (χ1n) is 5.94. The highest BCUT2D eigenvalue weighted by Crippen LogP contribution is 2.29. The highest BCUT2D eigenvalue weighted by Gasteiger charge is 2.12. The van der Waals surface area contributed by atoms with Gasteiger partial charge in [0.1, 0.15) is 0 Å². The van der Waals surface area contributed by atoms with Crippen molar-refractivity contribution < 1.29 is 14.3 Å². The summed E-state index contributed by atoms with van der Waals surface area (Å²) < 4.78 is 11.3. The number of carbonyl (C=O) groups is 1. The lowest BCUT2D eigenvalue weighted by Gasteiger charge is -2.08. The van der Waals surface area contributed by atoms with Crippen LogP contribution in [0.15, 0.2) is 27.9 Å². The predicted molar refractivity (Wildman–Crippen MR) is 81.5 cm³/mol. The van der Waals surface area contributed by atoms with E-state index in [0.717, 1.165) is 10.0 Å². The Bertz CT molecular complexity index is 610. The van der Waals surface area contributed by atoms with E-state index in [1.165, 1.54) is 11.8 Å². The molecular weight excluding hydrogens is 294 g/mol. The SMILES string of the molecule is COc1ccc(C(=O)CSc2nc(C)cs2)cc1OC. The molecule has 2 aromatic rings. The molecule has 106 valence electrons. The number of hydrogen-bond acceptors (Lipinski definition) is 6. The maximum absolute atomic E-state index is 12.2. The Labute approximate surface area is 126 Å². The van der Waals surface area contributed by atoms with E-state index in [4.69, 9.17) is 9.47 Å². The minimum atomic E-state index is 0.0452. The number of methoxy groups -OCH3 is 2. The zero-order valence-corrected chi connectivity index (χ0v) is 13.1. The van der Waals surface area contributed by atoms with Crippen LogP contribution in [-0.4, -0.2) is 30.7 Å². The number of ether oxygens (including phenoxy) is 2. The molecule has 1 aromatic carbocycles. The van der Waals surface area contributed by atoms with Crippen molar-refractivity contribution in [2.24, 2.45) is 0 Å².